The maximum absolute atomic E-state index is 11.9. The Morgan fingerprint density at radius 3 is 2.45 bits per heavy atom. The third-order valence-electron chi connectivity index (χ3n) is 3.35. The molecular weight excluding hydrogens is 280 g/mol. The number of hydrogen-bond acceptors (Lipinski definition) is 4. The molecule has 0 aliphatic carbocycles. The van der Waals surface area contributed by atoms with Crippen LogP contribution in [0.25, 0.3) is 0 Å². The number of esters is 1. The fraction of sp³-hybridized carbons (Fsp3) is 0.429. The average molecular weight is 297 g/mol. The summed E-state index contributed by atoms with van der Waals surface area (Å²) in [5.41, 5.74) is 0.981. The number of amides is 1. The van der Waals surface area contributed by atoms with Crippen LogP contribution < -0.4 is 4.90 Å². The Morgan fingerprint density at radius 1 is 1.20 bits per heavy atom. The Balaban J connectivity index is 1.91. The Bertz CT molecular complexity index is 499. The number of anilines is 1. The van der Waals surface area contributed by atoms with Crippen molar-refractivity contribution >= 4 is 29.2 Å². The summed E-state index contributed by atoms with van der Waals surface area (Å²) in [7, 11) is 1.28. The summed E-state index contributed by atoms with van der Waals surface area (Å²) in [6.45, 7) is 2.58. The molecule has 108 valence electrons. The molecule has 5 nitrogen and oxygen atoms in total. The van der Waals surface area contributed by atoms with Crippen molar-refractivity contribution in [1.29, 1.82) is 0 Å². The van der Waals surface area contributed by atoms with Gasteiger partial charge in [-0.2, -0.15) is 0 Å². The number of carbonyl (C=O) groups is 2. The van der Waals surface area contributed by atoms with Crippen LogP contribution in [0.15, 0.2) is 24.3 Å². The van der Waals surface area contributed by atoms with Crippen LogP contribution in [-0.4, -0.2) is 50.1 Å². The van der Waals surface area contributed by atoms with Crippen molar-refractivity contribution in [2.45, 2.75) is 6.42 Å². The van der Waals surface area contributed by atoms with E-state index in [4.69, 9.17) is 11.6 Å². The number of carbonyl (C=O) groups excluding carboxylic acids is 2. The van der Waals surface area contributed by atoms with E-state index in [1.807, 2.05) is 24.3 Å². The van der Waals surface area contributed by atoms with E-state index in [0.29, 0.717) is 31.2 Å². The number of piperazine rings is 1. The number of methoxy groups -OCH3 is 1. The van der Waals surface area contributed by atoms with E-state index in [2.05, 4.69) is 9.64 Å². The van der Waals surface area contributed by atoms with E-state index in [-0.39, 0.29) is 12.3 Å². The maximum Gasteiger partial charge on any atom is 0.315 e. The SMILES string of the molecule is COC(=O)CC(=O)N1CCN(c2ccccc2Cl)CC1. The lowest BCUT2D eigenvalue weighted by atomic mass is 10.2. The van der Waals surface area contributed by atoms with Gasteiger partial charge in [0.25, 0.3) is 0 Å². The summed E-state index contributed by atoms with van der Waals surface area (Å²) >= 11 is 6.16. The van der Waals surface area contributed by atoms with Crippen molar-refractivity contribution in [3.8, 4) is 0 Å². The normalized spacial score (nSPS) is 15.1. The molecule has 1 heterocycles. The van der Waals surface area contributed by atoms with Crippen molar-refractivity contribution in [2.75, 3.05) is 38.2 Å². The number of rotatable bonds is 3. The zero-order valence-electron chi connectivity index (χ0n) is 11.3. The van der Waals surface area contributed by atoms with Crippen LogP contribution in [0.4, 0.5) is 5.69 Å². The first-order valence-electron chi connectivity index (χ1n) is 6.46. The Labute approximate surface area is 123 Å². The average Bonchev–Trinajstić information content (AvgIpc) is 2.47. The van der Waals surface area contributed by atoms with Crippen LogP contribution in [0.1, 0.15) is 6.42 Å². The van der Waals surface area contributed by atoms with Gasteiger partial charge < -0.3 is 14.5 Å². The van der Waals surface area contributed by atoms with E-state index >= 15 is 0 Å². The number of benzene rings is 1. The minimum absolute atomic E-state index is 0.185. The number of halogens is 1. The lowest BCUT2D eigenvalue weighted by Gasteiger charge is -2.36. The molecule has 20 heavy (non-hydrogen) atoms. The molecule has 1 saturated heterocycles. The van der Waals surface area contributed by atoms with E-state index in [1.165, 1.54) is 7.11 Å². The highest BCUT2D eigenvalue weighted by Gasteiger charge is 2.23. The van der Waals surface area contributed by atoms with Crippen LogP contribution in [0.2, 0.25) is 5.02 Å². The summed E-state index contributed by atoms with van der Waals surface area (Å²) in [4.78, 5) is 26.8. The highest BCUT2D eigenvalue weighted by molar-refractivity contribution is 6.33. The lowest BCUT2D eigenvalue weighted by Crippen LogP contribution is -2.49. The van der Waals surface area contributed by atoms with Crippen molar-refractivity contribution in [1.82, 2.24) is 4.90 Å². The van der Waals surface area contributed by atoms with Crippen LogP contribution in [-0.2, 0) is 14.3 Å². The zero-order valence-corrected chi connectivity index (χ0v) is 12.1. The molecule has 1 amide bonds. The molecule has 0 aromatic heterocycles. The van der Waals surface area contributed by atoms with Gasteiger partial charge in [0, 0.05) is 26.2 Å². The fourth-order valence-corrected chi connectivity index (χ4v) is 2.47. The number of ether oxygens (including phenoxy) is 1. The number of para-hydroxylation sites is 1. The second-order valence-corrected chi connectivity index (χ2v) is 4.98. The Kier molecular flexibility index (Phi) is 4.84. The monoisotopic (exact) mass is 296 g/mol. The molecule has 1 aromatic rings. The van der Waals surface area contributed by atoms with Crippen molar-refractivity contribution in [3.05, 3.63) is 29.3 Å². The maximum atomic E-state index is 11.9. The third kappa shape index (κ3) is 3.42. The summed E-state index contributed by atoms with van der Waals surface area (Å²) in [5, 5.41) is 0.710. The Morgan fingerprint density at radius 2 is 1.85 bits per heavy atom. The van der Waals surface area contributed by atoms with Crippen LogP contribution in [0, 0.1) is 0 Å². The van der Waals surface area contributed by atoms with Gasteiger partial charge in [-0.25, -0.2) is 0 Å². The lowest BCUT2D eigenvalue weighted by molar-refractivity contribution is -0.146. The highest BCUT2D eigenvalue weighted by atomic mass is 35.5. The van der Waals surface area contributed by atoms with Crippen molar-refractivity contribution in [2.24, 2.45) is 0 Å². The second-order valence-electron chi connectivity index (χ2n) is 4.57. The molecule has 0 radical (unpaired) electrons. The molecule has 0 bridgehead atoms. The summed E-state index contributed by atoms with van der Waals surface area (Å²) in [6, 6.07) is 7.65. The number of hydrogen-bond donors (Lipinski definition) is 0. The van der Waals surface area contributed by atoms with Gasteiger partial charge in [0.15, 0.2) is 0 Å². The number of nitrogens with zero attached hydrogens (tertiary/aromatic N) is 2. The smallest absolute Gasteiger partial charge is 0.315 e. The largest absolute Gasteiger partial charge is 0.469 e. The molecule has 1 aliphatic heterocycles. The van der Waals surface area contributed by atoms with Crippen LogP contribution >= 0.6 is 11.6 Å². The van der Waals surface area contributed by atoms with Crippen LogP contribution in [0.3, 0.4) is 0 Å². The van der Waals surface area contributed by atoms with Crippen molar-refractivity contribution < 1.29 is 14.3 Å². The standard InChI is InChI=1S/C14H17ClN2O3/c1-20-14(19)10-13(18)17-8-6-16(7-9-17)12-5-3-2-4-11(12)15/h2-5H,6-10H2,1H3. The fourth-order valence-electron chi connectivity index (χ4n) is 2.21. The van der Waals surface area contributed by atoms with Gasteiger partial charge in [0.1, 0.15) is 6.42 Å². The van der Waals surface area contributed by atoms with Crippen LogP contribution in [0.5, 0.6) is 0 Å². The summed E-state index contributed by atoms with van der Waals surface area (Å²) < 4.78 is 4.50. The summed E-state index contributed by atoms with van der Waals surface area (Å²) in [6.07, 6.45) is -0.192. The van der Waals surface area contributed by atoms with Gasteiger partial charge >= 0.3 is 5.97 Å². The van der Waals surface area contributed by atoms with Gasteiger partial charge in [0.2, 0.25) is 5.91 Å². The first-order valence-corrected chi connectivity index (χ1v) is 6.83. The highest BCUT2D eigenvalue weighted by Crippen LogP contribution is 2.26. The molecule has 0 saturated carbocycles. The molecule has 1 aromatic carbocycles. The van der Waals surface area contributed by atoms with Gasteiger partial charge in [-0.3, -0.25) is 9.59 Å². The first kappa shape index (κ1) is 14.7. The molecule has 1 aliphatic rings. The predicted octanol–water partition coefficient (Wildman–Crippen LogP) is 1.55. The topological polar surface area (TPSA) is 49.9 Å². The molecule has 2 rings (SSSR count). The van der Waals surface area contributed by atoms with Gasteiger partial charge in [0.05, 0.1) is 17.8 Å². The molecule has 0 atom stereocenters. The first-order chi connectivity index (χ1) is 9.61. The summed E-state index contributed by atoms with van der Waals surface area (Å²) in [5.74, 6) is -0.681. The third-order valence-corrected chi connectivity index (χ3v) is 3.67. The van der Waals surface area contributed by atoms with Gasteiger partial charge in [-0.1, -0.05) is 23.7 Å². The van der Waals surface area contributed by atoms with E-state index < -0.39 is 5.97 Å². The Hall–Kier alpha value is -1.75. The van der Waals surface area contributed by atoms with Crippen molar-refractivity contribution in [3.63, 3.8) is 0 Å². The molecule has 6 heteroatoms. The zero-order chi connectivity index (χ0) is 14.5. The van der Waals surface area contributed by atoms with E-state index in [9.17, 15) is 9.59 Å². The molecule has 0 unspecified atom stereocenters. The van der Waals surface area contributed by atoms with Gasteiger partial charge in [-0.05, 0) is 12.1 Å². The second kappa shape index (κ2) is 6.61. The predicted molar refractivity (Wildman–Crippen MR) is 76.9 cm³/mol. The molecule has 0 N–H and O–H groups in total. The van der Waals surface area contributed by atoms with Gasteiger partial charge in [-0.15, -0.1) is 0 Å². The minimum Gasteiger partial charge on any atom is -0.469 e. The molecule has 1 fully saturated rings. The molecule has 0 spiro atoms. The van der Waals surface area contributed by atoms with E-state index in [0.717, 1.165) is 5.69 Å². The molecular formula is C14H17ClN2O3. The minimum atomic E-state index is -0.497. The van der Waals surface area contributed by atoms with E-state index in [1.54, 1.807) is 4.90 Å². The quantitative estimate of drug-likeness (QED) is 0.627.